The summed E-state index contributed by atoms with van der Waals surface area (Å²) in [5.74, 6) is 0.356. The number of nitrogens with zero attached hydrogens (tertiary/aromatic N) is 2. The Balaban J connectivity index is 1.84. The SMILES string of the molecule is CC(C)C(=O)N1CCN(C(=O)Cc2ccccc2)CC1. The van der Waals surface area contributed by atoms with Crippen molar-refractivity contribution in [2.45, 2.75) is 20.3 Å². The normalized spacial score (nSPS) is 15.6. The molecular formula is C16H22N2O2. The summed E-state index contributed by atoms with van der Waals surface area (Å²) in [5, 5.41) is 0. The lowest BCUT2D eigenvalue weighted by Crippen LogP contribution is -2.51. The van der Waals surface area contributed by atoms with E-state index in [0.717, 1.165) is 5.56 Å². The molecule has 0 bridgehead atoms. The van der Waals surface area contributed by atoms with E-state index in [4.69, 9.17) is 0 Å². The highest BCUT2D eigenvalue weighted by Gasteiger charge is 2.25. The van der Waals surface area contributed by atoms with Gasteiger partial charge in [0.1, 0.15) is 0 Å². The maximum atomic E-state index is 12.2. The van der Waals surface area contributed by atoms with Crippen LogP contribution in [0.1, 0.15) is 19.4 Å². The van der Waals surface area contributed by atoms with Crippen molar-refractivity contribution < 1.29 is 9.59 Å². The molecule has 2 rings (SSSR count). The van der Waals surface area contributed by atoms with Gasteiger partial charge in [-0.2, -0.15) is 0 Å². The van der Waals surface area contributed by atoms with E-state index >= 15 is 0 Å². The van der Waals surface area contributed by atoms with Crippen LogP contribution in [0.5, 0.6) is 0 Å². The van der Waals surface area contributed by atoms with Crippen molar-refractivity contribution in [2.24, 2.45) is 5.92 Å². The molecule has 1 aliphatic heterocycles. The molecule has 2 amide bonds. The first-order chi connectivity index (χ1) is 9.58. The van der Waals surface area contributed by atoms with E-state index in [1.165, 1.54) is 0 Å². The van der Waals surface area contributed by atoms with Gasteiger partial charge in [0.15, 0.2) is 0 Å². The fraction of sp³-hybridized carbons (Fsp3) is 0.500. The van der Waals surface area contributed by atoms with Gasteiger partial charge in [0, 0.05) is 32.1 Å². The predicted molar refractivity (Wildman–Crippen MR) is 78.1 cm³/mol. The molecule has 108 valence electrons. The van der Waals surface area contributed by atoms with Crippen LogP contribution in [0.4, 0.5) is 0 Å². The summed E-state index contributed by atoms with van der Waals surface area (Å²) in [6.07, 6.45) is 0.443. The number of hydrogen-bond acceptors (Lipinski definition) is 2. The zero-order valence-electron chi connectivity index (χ0n) is 12.2. The molecule has 0 spiro atoms. The van der Waals surface area contributed by atoms with Crippen molar-refractivity contribution >= 4 is 11.8 Å². The predicted octanol–water partition coefficient (Wildman–Crippen LogP) is 1.56. The molecule has 1 aliphatic rings. The molecule has 0 aromatic heterocycles. The Morgan fingerprint density at radius 3 is 2.10 bits per heavy atom. The van der Waals surface area contributed by atoms with Gasteiger partial charge in [0.05, 0.1) is 6.42 Å². The Hall–Kier alpha value is -1.84. The fourth-order valence-electron chi connectivity index (χ4n) is 2.42. The molecule has 0 unspecified atom stereocenters. The summed E-state index contributed by atoms with van der Waals surface area (Å²) in [4.78, 5) is 27.8. The highest BCUT2D eigenvalue weighted by atomic mass is 16.2. The summed E-state index contributed by atoms with van der Waals surface area (Å²) in [6.45, 7) is 6.41. The molecule has 0 radical (unpaired) electrons. The molecular weight excluding hydrogens is 252 g/mol. The summed E-state index contributed by atoms with van der Waals surface area (Å²) in [7, 11) is 0. The first-order valence-corrected chi connectivity index (χ1v) is 7.18. The zero-order valence-corrected chi connectivity index (χ0v) is 12.2. The Kier molecular flexibility index (Phi) is 4.77. The van der Waals surface area contributed by atoms with E-state index < -0.39 is 0 Å². The van der Waals surface area contributed by atoms with Crippen molar-refractivity contribution in [3.8, 4) is 0 Å². The van der Waals surface area contributed by atoms with Gasteiger partial charge in [0.25, 0.3) is 0 Å². The van der Waals surface area contributed by atoms with Crippen molar-refractivity contribution in [3.05, 3.63) is 35.9 Å². The minimum Gasteiger partial charge on any atom is -0.339 e. The average molecular weight is 274 g/mol. The van der Waals surface area contributed by atoms with Gasteiger partial charge >= 0.3 is 0 Å². The quantitative estimate of drug-likeness (QED) is 0.839. The van der Waals surface area contributed by atoms with Gasteiger partial charge < -0.3 is 9.80 Å². The standard InChI is InChI=1S/C16H22N2O2/c1-13(2)16(20)18-10-8-17(9-11-18)15(19)12-14-6-4-3-5-7-14/h3-7,13H,8-12H2,1-2H3. The molecule has 4 heteroatoms. The maximum absolute atomic E-state index is 12.2. The lowest BCUT2D eigenvalue weighted by molar-refractivity contribution is -0.141. The molecule has 0 N–H and O–H groups in total. The monoisotopic (exact) mass is 274 g/mol. The molecule has 1 aromatic rings. The first-order valence-electron chi connectivity index (χ1n) is 7.18. The number of rotatable bonds is 3. The van der Waals surface area contributed by atoms with Crippen LogP contribution < -0.4 is 0 Å². The van der Waals surface area contributed by atoms with Gasteiger partial charge in [-0.05, 0) is 5.56 Å². The van der Waals surface area contributed by atoms with Gasteiger partial charge in [-0.15, -0.1) is 0 Å². The Morgan fingerprint density at radius 1 is 1.00 bits per heavy atom. The lowest BCUT2D eigenvalue weighted by Gasteiger charge is -2.35. The largest absolute Gasteiger partial charge is 0.339 e. The zero-order chi connectivity index (χ0) is 14.5. The van der Waals surface area contributed by atoms with Crippen molar-refractivity contribution in [1.29, 1.82) is 0 Å². The van der Waals surface area contributed by atoms with E-state index in [2.05, 4.69) is 0 Å². The number of carbonyl (C=O) groups excluding carboxylic acids is 2. The number of benzene rings is 1. The van der Waals surface area contributed by atoms with Crippen LogP contribution >= 0.6 is 0 Å². The Bertz CT molecular complexity index is 463. The molecule has 1 heterocycles. The summed E-state index contributed by atoms with van der Waals surface area (Å²) >= 11 is 0. The number of piperazine rings is 1. The van der Waals surface area contributed by atoms with E-state index in [1.807, 2.05) is 54.0 Å². The topological polar surface area (TPSA) is 40.6 Å². The molecule has 0 aliphatic carbocycles. The molecule has 20 heavy (non-hydrogen) atoms. The van der Waals surface area contributed by atoms with E-state index in [-0.39, 0.29) is 17.7 Å². The lowest BCUT2D eigenvalue weighted by atomic mass is 10.1. The van der Waals surface area contributed by atoms with Crippen molar-refractivity contribution in [1.82, 2.24) is 9.80 Å². The van der Waals surface area contributed by atoms with Gasteiger partial charge in [-0.3, -0.25) is 9.59 Å². The maximum Gasteiger partial charge on any atom is 0.227 e. The highest BCUT2D eigenvalue weighted by molar-refractivity contribution is 5.80. The number of hydrogen-bond donors (Lipinski definition) is 0. The van der Waals surface area contributed by atoms with Gasteiger partial charge in [-0.1, -0.05) is 44.2 Å². The van der Waals surface area contributed by atoms with Crippen LogP contribution in [-0.2, 0) is 16.0 Å². The van der Waals surface area contributed by atoms with Crippen LogP contribution in [0.3, 0.4) is 0 Å². The Morgan fingerprint density at radius 2 is 1.55 bits per heavy atom. The van der Waals surface area contributed by atoms with Crippen LogP contribution in [0.2, 0.25) is 0 Å². The second-order valence-electron chi connectivity index (χ2n) is 5.52. The number of amides is 2. The second kappa shape index (κ2) is 6.55. The third-order valence-electron chi connectivity index (χ3n) is 3.64. The van der Waals surface area contributed by atoms with Crippen LogP contribution in [0.15, 0.2) is 30.3 Å². The minimum absolute atomic E-state index is 0.0292. The molecule has 1 saturated heterocycles. The smallest absolute Gasteiger partial charge is 0.227 e. The van der Waals surface area contributed by atoms with Crippen molar-refractivity contribution in [2.75, 3.05) is 26.2 Å². The van der Waals surface area contributed by atoms with Gasteiger partial charge in [-0.25, -0.2) is 0 Å². The van der Waals surface area contributed by atoms with E-state index in [1.54, 1.807) is 0 Å². The minimum atomic E-state index is 0.0292. The number of carbonyl (C=O) groups is 2. The summed E-state index contributed by atoms with van der Waals surface area (Å²) in [6, 6.07) is 9.78. The second-order valence-corrected chi connectivity index (χ2v) is 5.52. The van der Waals surface area contributed by atoms with Crippen LogP contribution in [0.25, 0.3) is 0 Å². The summed E-state index contributed by atoms with van der Waals surface area (Å²) in [5.41, 5.74) is 1.04. The summed E-state index contributed by atoms with van der Waals surface area (Å²) < 4.78 is 0. The highest BCUT2D eigenvalue weighted by Crippen LogP contribution is 2.09. The molecule has 0 atom stereocenters. The Labute approximate surface area is 120 Å². The fourth-order valence-corrected chi connectivity index (χ4v) is 2.42. The van der Waals surface area contributed by atoms with Gasteiger partial charge in [0.2, 0.25) is 11.8 Å². The third kappa shape index (κ3) is 3.59. The average Bonchev–Trinajstić information content (AvgIpc) is 2.47. The van der Waals surface area contributed by atoms with E-state index in [0.29, 0.717) is 32.6 Å². The first kappa shape index (κ1) is 14.6. The van der Waals surface area contributed by atoms with Crippen molar-refractivity contribution in [3.63, 3.8) is 0 Å². The molecule has 0 saturated carbocycles. The van der Waals surface area contributed by atoms with E-state index in [9.17, 15) is 9.59 Å². The van der Waals surface area contributed by atoms with Crippen LogP contribution in [-0.4, -0.2) is 47.8 Å². The molecule has 4 nitrogen and oxygen atoms in total. The third-order valence-corrected chi connectivity index (χ3v) is 3.64. The van der Waals surface area contributed by atoms with Crippen LogP contribution in [0, 0.1) is 5.92 Å². The molecule has 1 fully saturated rings. The molecule has 1 aromatic carbocycles.